The molecule has 1 atom stereocenters. The third kappa shape index (κ3) is 3.54. The molecule has 0 amide bonds. The highest BCUT2D eigenvalue weighted by atomic mass is 16.5. The number of nitrogens with zero attached hydrogens (tertiary/aromatic N) is 3. The Morgan fingerprint density at radius 3 is 3.22 bits per heavy atom. The molecule has 0 saturated carbocycles. The zero-order valence-corrected chi connectivity index (χ0v) is 11.4. The minimum Gasteiger partial charge on any atom is -0.385 e. The maximum absolute atomic E-state index is 5.03. The van der Waals surface area contributed by atoms with Crippen molar-refractivity contribution in [1.82, 2.24) is 19.8 Å². The van der Waals surface area contributed by atoms with Crippen molar-refractivity contribution in [2.75, 3.05) is 33.4 Å². The predicted molar refractivity (Wildman–Crippen MR) is 71.5 cm³/mol. The first-order valence-electron chi connectivity index (χ1n) is 6.75. The molecule has 1 aliphatic rings. The van der Waals surface area contributed by atoms with Crippen LogP contribution in [0.3, 0.4) is 0 Å². The second kappa shape index (κ2) is 6.87. The Labute approximate surface area is 109 Å². The third-order valence-corrected chi connectivity index (χ3v) is 3.54. The molecule has 2 rings (SSSR count). The molecule has 0 spiro atoms. The Morgan fingerprint density at radius 2 is 2.39 bits per heavy atom. The molecule has 0 radical (unpaired) electrons. The van der Waals surface area contributed by atoms with Crippen molar-refractivity contribution >= 4 is 0 Å². The zero-order chi connectivity index (χ0) is 12.8. The van der Waals surface area contributed by atoms with E-state index in [1.54, 1.807) is 7.11 Å². The fourth-order valence-electron chi connectivity index (χ4n) is 2.35. The predicted octanol–water partition coefficient (Wildman–Crippen LogP) is 0.713. The van der Waals surface area contributed by atoms with Gasteiger partial charge in [0.05, 0.1) is 6.54 Å². The fourth-order valence-corrected chi connectivity index (χ4v) is 2.35. The van der Waals surface area contributed by atoms with Gasteiger partial charge in [-0.05, 0) is 19.9 Å². The van der Waals surface area contributed by atoms with Crippen molar-refractivity contribution < 1.29 is 4.74 Å². The van der Waals surface area contributed by atoms with Gasteiger partial charge in [0, 0.05) is 51.8 Å². The summed E-state index contributed by atoms with van der Waals surface area (Å²) in [6, 6.07) is 0.554. The van der Waals surface area contributed by atoms with Crippen molar-refractivity contribution in [3.05, 3.63) is 18.2 Å². The lowest BCUT2D eigenvalue weighted by Crippen LogP contribution is -2.44. The van der Waals surface area contributed by atoms with Crippen LogP contribution >= 0.6 is 0 Å². The van der Waals surface area contributed by atoms with E-state index in [2.05, 4.69) is 32.9 Å². The number of fused-ring (bicyclic) bond motifs is 1. The van der Waals surface area contributed by atoms with E-state index >= 15 is 0 Å². The SMILES string of the molecule is COCCCNCC(C)N1CCn2ccnc2C1. The minimum atomic E-state index is 0.554. The largest absolute Gasteiger partial charge is 0.385 e. The first-order chi connectivity index (χ1) is 8.81. The van der Waals surface area contributed by atoms with Gasteiger partial charge in [0.15, 0.2) is 0 Å². The number of hydrogen-bond donors (Lipinski definition) is 1. The molecular formula is C13H24N4O. The average molecular weight is 252 g/mol. The highest BCUT2D eigenvalue weighted by Crippen LogP contribution is 2.12. The Bertz CT molecular complexity index is 353. The van der Waals surface area contributed by atoms with Gasteiger partial charge in [-0.1, -0.05) is 0 Å². The van der Waals surface area contributed by atoms with Gasteiger partial charge in [-0.2, -0.15) is 0 Å². The highest BCUT2D eigenvalue weighted by Gasteiger charge is 2.20. The van der Waals surface area contributed by atoms with Crippen LogP contribution in [0.5, 0.6) is 0 Å². The molecule has 1 aromatic heterocycles. The Hall–Kier alpha value is -0.910. The van der Waals surface area contributed by atoms with Crippen molar-refractivity contribution in [3.8, 4) is 0 Å². The van der Waals surface area contributed by atoms with Gasteiger partial charge in [-0.15, -0.1) is 0 Å². The summed E-state index contributed by atoms with van der Waals surface area (Å²) in [6.07, 6.45) is 5.04. The summed E-state index contributed by atoms with van der Waals surface area (Å²) in [6.45, 7) is 8.32. The number of methoxy groups -OCH3 is 1. The normalized spacial score (nSPS) is 17.7. The number of nitrogens with one attached hydrogen (secondary N) is 1. The Kier molecular flexibility index (Phi) is 5.16. The van der Waals surface area contributed by atoms with E-state index in [0.717, 1.165) is 45.8 Å². The second-order valence-corrected chi connectivity index (χ2v) is 4.91. The summed E-state index contributed by atoms with van der Waals surface area (Å²) in [4.78, 5) is 6.89. The first-order valence-corrected chi connectivity index (χ1v) is 6.75. The molecule has 1 N–H and O–H groups in total. The molecule has 0 bridgehead atoms. The van der Waals surface area contributed by atoms with Crippen LogP contribution in [0.15, 0.2) is 12.4 Å². The van der Waals surface area contributed by atoms with Crippen LogP contribution in [-0.4, -0.2) is 53.8 Å². The van der Waals surface area contributed by atoms with Gasteiger partial charge in [0.2, 0.25) is 0 Å². The van der Waals surface area contributed by atoms with E-state index in [4.69, 9.17) is 4.74 Å². The summed E-state index contributed by atoms with van der Waals surface area (Å²) in [5, 5.41) is 3.49. The molecular weight excluding hydrogens is 228 g/mol. The standard InChI is InChI=1S/C13H24N4O/c1-12(10-14-4-3-9-18-2)17-8-7-16-6-5-15-13(16)11-17/h5-6,12,14H,3-4,7-11H2,1-2H3. The average Bonchev–Trinajstić information content (AvgIpc) is 2.85. The lowest BCUT2D eigenvalue weighted by Gasteiger charge is -2.32. The number of rotatable bonds is 7. The molecule has 0 aromatic carbocycles. The number of ether oxygens (including phenoxy) is 1. The first kappa shape index (κ1) is 13.5. The summed E-state index contributed by atoms with van der Waals surface area (Å²) < 4.78 is 7.28. The van der Waals surface area contributed by atoms with E-state index in [9.17, 15) is 0 Å². The van der Waals surface area contributed by atoms with Crippen LogP contribution in [0.1, 0.15) is 19.2 Å². The van der Waals surface area contributed by atoms with Crippen molar-refractivity contribution in [2.45, 2.75) is 32.5 Å². The number of imidazole rings is 1. The van der Waals surface area contributed by atoms with Crippen LogP contribution in [0.4, 0.5) is 0 Å². The van der Waals surface area contributed by atoms with E-state index in [0.29, 0.717) is 6.04 Å². The quantitative estimate of drug-likeness (QED) is 0.726. The summed E-state index contributed by atoms with van der Waals surface area (Å²) in [5.74, 6) is 1.19. The molecule has 102 valence electrons. The number of aromatic nitrogens is 2. The molecule has 1 aromatic rings. The third-order valence-electron chi connectivity index (χ3n) is 3.54. The van der Waals surface area contributed by atoms with Gasteiger partial charge in [-0.3, -0.25) is 4.90 Å². The lowest BCUT2D eigenvalue weighted by molar-refractivity contribution is 0.157. The topological polar surface area (TPSA) is 42.3 Å². The van der Waals surface area contributed by atoms with Crippen molar-refractivity contribution in [1.29, 1.82) is 0 Å². The zero-order valence-electron chi connectivity index (χ0n) is 11.4. The maximum Gasteiger partial charge on any atom is 0.122 e. The highest BCUT2D eigenvalue weighted by molar-refractivity contribution is 4.96. The van der Waals surface area contributed by atoms with Crippen LogP contribution in [0, 0.1) is 0 Å². The molecule has 1 unspecified atom stereocenters. The van der Waals surface area contributed by atoms with Gasteiger partial charge in [0.25, 0.3) is 0 Å². The van der Waals surface area contributed by atoms with Gasteiger partial charge in [-0.25, -0.2) is 4.98 Å². The van der Waals surface area contributed by atoms with Crippen molar-refractivity contribution in [2.24, 2.45) is 0 Å². The monoisotopic (exact) mass is 252 g/mol. The van der Waals surface area contributed by atoms with Crippen molar-refractivity contribution in [3.63, 3.8) is 0 Å². The van der Waals surface area contributed by atoms with Crippen LogP contribution in [0.2, 0.25) is 0 Å². The van der Waals surface area contributed by atoms with E-state index in [-0.39, 0.29) is 0 Å². The number of hydrogen-bond acceptors (Lipinski definition) is 4. The Morgan fingerprint density at radius 1 is 1.50 bits per heavy atom. The summed E-state index contributed by atoms with van der Waals surface area (Å²) >= 11 is 0. The van der Waals surface area contributed by atoms with Gasteiger partial charge < -0.3 is 14.6 Å². The Balaban J connectivity index is 1.69. The molecule has 0 fully saturated rings. The minimum absolute atomic E-state index is 0.554. The van der Waals surface area contributed by atoms with E-state index in [1.807, 2.05) is 6.20 Å². The molecule has 5 nitrogen and oxygen atoms in total. The maximum atomic E-state index is 5.03. The molecule has 0 saturated heterocycles. The summed E-state index contributed by atoms with van der Waals surface area (Å²) in [7, 11) is 1.75. The second-order valence-electron chi connectivity index (χ2n) is 4.91. The van der Waals surface area contributed by atoms with Crippen LogP contribution in [0.25, 0.3) is 0 Å². The smallest absolute Gasteiger partial charge is 0.122 e. The van der Waals surface area contributed by atoms with Gasteiger partial charge >= 0.3 is 0 Å². The molecule has 1 aliphatic heterocycles. The van der Waals surface area contributed by atoms with Gasteiger partial charge in [0.1, 0.15) is 5.82 Å². The molecule has 2 heterocycles. The van der Waals surface area contributed by atoms with E-state index < -0.39 is 0 Å². The lowest BCUT2D eigenvalue weighted by atomic mass is 10.2. The fraction of sp³-hybridized carbons (Fsp3) is 0.769. The van der Waals surface area contributed by atoms with E-state index in [1.165, 1.54) is 5.82 Å². The molecule has 0 aliphatic carbocycles. The summed E-state index contributed by atoms with van der Waals surface area (Å²) in [5.41, 5.74) is 0. The molecule has 18 heavy (non-hydrogen) atoms. The van der Waals surface area contributed by atoms with Crippen LogP contribution in [-0.2, 0) is 17.8 Å². The van der Waals surface area contributed by atoms with Crippen LogP contribution < -0.4 is 5.32 Å². The molecule has 5 heteroatoms.